The molecule has 156 valence electrons. The van der Waals surface area contributed by atoms with Gasteiger partial charge in [-0.2, -0.15) is 5.10 Å². The molecule has 5 heterocycles. The monoisotopic (exact) mass is 402 g/mol. The van der Waals surface area contributed by atoms with Crippen molar-refractivity contribution in [3.63, 3.8) is 0 Å². The van der Waals surface area contributed by atoms with Gasteiger partial charge in [0.2, 0.25) is 0 Å². The minimum atomic E-state index is 0.665. The molecule has 0 spiro atoms. The maximum absolute atomic E-state index is 4.91. The third-order valence-corrected chi connectivity index (χ3v) is 6.36. The van der Waals surface area contributed by atoms with Crippen LogP contribution in [-0.4, -0.2) is 56.4 Å². The van der Waals surface area contributed by atoms with E-state index in [1.54, 1.807) is 0 Å². The first kappa shape index (κ1) is 19.2. The third kappa shape index (κ3) is 3.60. The number of hydrogen-bond acceptors (Lipinski definition) is 5. The lowest BCUT2D eigenvalue weighted by Crippen LogP contribution is -2.36. The fraction of sp³-hybridized carbons (Fsp3) is 0.458. The maximum Gasteiger partial charge on any atom is 0.133 e. The van der Waals surface area contributed by atoms with E-state index in [9.17, 15) is 0 Å². The van der Waals surface area contributed by atoms with Gasteiger partial charge in [-0.1, -0.05) is 13.0 Å². The molecule has 0 atom stereocenters. The van der Waals surface area contributed by atoms with Crippen molar-refractivity contribution < 1.29 is 0 Å². The van der Waals surface area contributed by atoms with E-state index in [4.69, 9.17) is 10.1 Å². The van der Waals surface area contributed by atoms with Gasteiger partial charge in [0, 0.05) is 12.7 Å². The predicted octanol–water partition coefficient (Wildman–Crippen LogP) is 3.98. The number of aryl methyl sites for hydroxylation is 2. The van der Waals surface area contributed by atoms with Crippen LogP contribution in [0.25, 0.3) is 11.2 Å². The molecule has 2 aromatic heterocycles. The second-order valence-electron chi connectivity index (χ2n) is 8.62. The molecule has 30 heavy (non-hydrogen) atoms. The number of rotatable bonds is 4. The predicted molar refractivity (Wildman–Crippen MR) is 121 cm³/mol. The fourth-order valence-electron chi connectivity index (χ4n) is 4.78. The maximum atomic E-state index is 4.91. The Morgan fingerprint density at radius 2 is 1.97 bits per heavy atom. The highest BCUT2D eigenvalue weighted by molar-refractivity contribution is 6.00. The van der Waals surface area contributed by atoms with Crippen LogP contribution >= 0.6 is 0 Å². The zero-order chi connectivity index (χ0) is 20.7. The number of piperidine rings is 1. The molecule has 0 amide bonds. The lowest BCUT2D eigenvalue weighted by atomic mass is 9.88. The van der Waals surface area contributed by atoms with Crippen molar-refractivity contribution in [3.8, 4) is 0 Å². The van der Waals surface area contributed by atoms with Crippen LogP contribution < -0.4 is 0 Å². The minimum absolute atomic E-state index is 0.665. The molecule has 0 aliphatic carbocycles. The molecule has 3 aliphatic rings. The minimum Gasteiger partial charge on any atom is -0.329 e. The molecule has 0 unspecified atom stereocenters. The molecule has 0 radical (unpaired) electrons. The summed E-state index contributed by atoms with van der Waals surface area (Å²) in [5, 5.41) is 4.74. The second kappa shape index (κ2) is 7.84. The van der Waals surface area contributed by atoms with Crippen LogP contribution in [0.2, 0.25) is 0 Å². The van der Waals surface area contributed by atoms with Crippen molar-refractivity contribution in [1.82, 2.24) is 24.4 Å². The first-order valence-electron chi connectivity index (χ1n) is 11.1. The molecule has 0 aromatic carbocycles. The Balaban J connectivity index is 1.32. The number of likely N-dealkylation sites (tertiary alicyclic amines) is 1. The second-order valence-corrected chi connectivity index (χ2v) is 8.62. The summed E-state index contributed by atoms with van der Waals surface area (Å²) >= 11 is 0. The van der Waals surface area contributed by atoms with Crippen LogP contribution in [0.3, 0.4) is 0 Å². The highest BCUT2D eigenvalue weighted by Crippen LogP contribution is 2.30. The summed E-state index contributed by atoms with van der Waals surface area (Å²) in [6, 6.07) is 2.09. The van der Waals surface area contributed by atoms with Gasteiger partial charge in [-0.25, -0.2) is 9.51 Å². The van der Waals surface area contributed by atoms with Crippen LogP contribution in [0.1, 0.15) is 43.3 Å². The lowest BCUT2D eigenvalue weighted by molar-refractivity contribution is 0.200. The largest absolute Gasteiger partial charge is 0.329 e. The Bertz CT molecular complexity index is 1080. The SMILES string of the molecule is CCCN1CCC(C2=CN3CC=C(c4cc5c(C)nc(C)cn5n4)N=C3C=C2)CC1. The van der Waals surface area contributed by atoms with Crippen molar-refractivity contribution >= 4 is 17.0 Å². The Labute approximate surface area is 178 Å². The number of amidine groups is 1. The Morgan fingerprint density at radius 3 is 2.77 bits per heavy atom. The highest BCUT2D eigenvalue weighted by atomic mass is 15.2. The topological polar surface area (TPSA) is 49.0 Å². The van der Waals surface area contributed by atoms with Gasteiger partial charge in [-0.3, -0.25) is 4.98 Å². The molecule has 1 fully saturated rings. The van der Waals surface area contributed by atoms with Gasteiger partial charge in [0.05, 0.1) is 28.8 Å². The molecule has 0 bridgehead atoms. The van der Waals surface area contributed by atoms with Gasteiger partial charge in [-0.15, -0.1) is 0 Å². The van der Waals surface area contributed by atoms with E-state index in [1.807, 2.05) is 24.6 Å². The first-order valence-corrected chi connectivity index (χ1v) is 11.1. The van der Waals surface area contributed by atoms with Crippen molar-refractivity contribution in [2.45, 2.75) is 40.0 Å². The van der Waals surface area contributed by atoms with Crippen LogP contribution in [-0.2, 0) is 0 Å². The van der Waals surface area contributed by atoms with Crippen LogP contribution in [0, 0.1) is 19.8 Å². The van der Waals surface area contributed by atoms with Crippen LogP contribution in [0.4, 0.5) is 0 Å². The summed E-state index contributed by atoms with van der Waals surface area (Å²) in [7, 11) is 0. The van der Waals surface area contributed by atoms with Crippen molar-refractivity contribution in [2.75, 3.05) is 26.2 Å². The number of aromatic nitrogens is 3. The average Bonchev–Trinajstić information content (AvgIpc) is 3.18. The zero-order valence-corrected chi connectivity index (χ0v) is 18.2. The van der Waals surface area contributed by atoms with Gasteiger partial charge in [0.15, 0.2) is 0 Å². The van der Waals surface area contributed by atoms with Gasteiger partial charge in [0.25, 0.3) is 0 Å². The van der Waals surface area contributed by atoms with Crippen molar-refractivity contribution in [3.05, 3.63) is 59.3 Å². The summed E-state index contributed by atoms with van der Waals surface area (Å²) in [4.78, 5) is 14.3. The Kier molecular flexibility index (Phi) is 5.03. The first-order chi connectivity index (χ1) is 14.6. The Morgan fingerprint density at radius 1 is 1.13 bits per heavy atom. The molecule has 1 saturated heterocycles. The average molecular weight is 403 g/mol. The normalized spacial score (nSPS) is 20.2. The standard InChI is InChI=1S/C24H30N6/c1-4-10-28-11-7-19(8-12-28)20-5-6-24-26-21(9-13-29(24)16-20)22-14-23-18(3)25-17(2)15-30(23)27-22/h5-6,9,14-16,19H,4,7-8,10-13H2,1-3H3. The Hall–Kier alpha value is -2.73. The summed E-state index contributed by atoms with van der Waals surface area (Å²) < 4.78 is 1.92. The summed E-state index contributed by atoms with van der Waals surface area (Å²) in [5.74, 6) is 1.67. The van der Waals surface area contributed by atoms with E-state index < -0.39 is 0 Å². The van der Waals surface area contributed by atoms with Gasteiger partial charge in [-0.05, 0) is 82.5 Å². The molecule has 6 nitrogen and oxygen atoms in total. The molecular formula is C24H30N6. The highest BCUT2D eigenvalue weighted by Gasteiger charge is 2.25. The molecule has 6 heteroatoms. The van der Waals surface area contributed by atoms with E-state index in [0.29, 0.717) is 5.92 Å². The van der Waals surface area contributed by atoms with Crippen molar-refractivity contribution in [2.24, 2.45) is 10.9 Å². The number of nitrogens with zero attached hydrogens (tertiary/aromatic N) is 6. The molecule has 0 saturated carbocycles. The molecule has 5 rings (SSSR count). The quantitative estimate of drug-likeness (QED) is 0.776. The summed E-state index contributed by atoms with van der Waals surface area (Å²) in [5.41, 5.74) is 6.30. The smallest absolute Gasteiger partial charge is 0.133 e. The summed E-state index contributed by atoms with van der Waals surface area (Å²) in [6.07, 6.45) is 14.7. The van der Waals surface area contributed by atoms with E-state index >= 15 is 0 Å². The van der Waals surface area contributed by atoms with Gasteiger partial charge < -0.3 is 9.80 Å². The van der Waals surface area contributed by atoms with Crippen molar-refractivity contribution in [1.29, 1.82) is 0 Å². The van der Waals surface area contributed by atoms with E-state index in [0.717, 1.165) is 40.7 Å². The molecule has 3 aliphatic heterocycles. The molecular weight excluding hydrogens is 372 g/mol. The van der Waals surface area contributed by atoms with Gasteiger partial charge in [0.1, 0.15) is 11.5 Å². The third-order valence-electron chi connectivity index (χ3n) is 6.36. The number of hydrogen-bond donors (Lipinski definition) is 0. The molecule has 0 N–H and O–H groups in total. The van der Waals surface area contributed by atoms with Crippen LogP contribution in [0.15, 0.2) is 47.3 Å². The number of aliphatic imine (C=N–C) groups is 1. The van der Waals surface area contributed by atoms with E-state index in [2.05, 4.69) is 52.2 Å². The molecule has 2 aromatic rings. The lowest BCUT2D eigenvalue weighted by Gasteiger charge is -2.34. The van der Waals surface area contributed by atoms with Crippen LogP contribution in [0.5, 0.6) is 0 Å². The summed E-state index contributed by atoms with van der Waals surface area (Å²) in [6.45, 7) is 10.8. The number of fused-ring (bicyclic) bond motifs is 2. The van der Waals surface area contributed by atoms with E-state index in [1.165, 1.54) is 44.5 Å². The fourth-order valence-corrected chi connectivity index (χ4v) is 4.78. The number of allylic oxidation sites excluding steroid dienone is 2. The van der Waals surface area contributed by atoms with E-state index in [-0.39, 0.29) is 0 Å². The van der Waals surface area contributed by atoms with Gasteiger partial charge >= 0.3 is 0 Å². The zero-order valence-electron chi connectivity index (χ0n) is 18.2.